The Morgan fingerprint density at radius 1 is 1.09 bits per heavy atom. The van der Waals surface area contributed by atoms with E-state index in [1.807, 2.05) is 17.9 Å². The van der Waals surface area contributed by atoms with Crippen molar-refractivity contribution in [3.05, 3.63) is 65.6 Å². The van der Waals surface area contributed by atoms with Crippen LogP contribution < -0.4 is 15.0 Å². The summed E-state index contributed by atoms with van der Waals surface area (Å²) in [6.07, 6.45) is 7.03. The minimum absolute atomic E-state index is 0.0392. The third-order valence-electron chi connectivity index (χ3n) is 8.07. The molecule has 2 aromatic heterocycles. The van der Waals surface area contributed by atoms with E-state index in [0.717, 1.165) is 36.2 Å². The van der Waals surface area contributed by atoms with Crippen molar-refractivity contribution >= 4 is 23.2 Å². The molecule has 3 aromatic rings. The summed E-state index contributed by atoms with van der Waals surface area (Å²) in [5, 5.41) is 2.67. The number of carbonyl (C=O) groups is 2. The number of terminal acetylenes is 1. The fourth-order valence-corrected chi connectivity index (χ4v) is 5.49. The number of anilines is 2. The molecule has 0 saturated carbocycles. The van der Waals surface area contributed by atoms with Gasteiger partial charge in [0.1, 0.15) is 11.8 Å². The SMILES string of the molecule is C#CCCCC(=O)N1CCN(c2cc(-c3cc(NC(=O)c4cccc(C(F)(F)F)c4)cnc3C)cnc2OC2CCOCC2)CC1. The standard InChI is InChI=1S/C34H36F3N5O4/c1-3-4-5-9-31(43)42-14-12-41(13-15-42)30-19-25(21-39-33(30)46-28-10-16-45-17-11-28)29-20-27(22-38-23(29)2)40-32(44)24-7-6-8-26(18-24)34(35,36)37/h1,6-8,18-22,28H,4-5,9-17H2,2H3,(H,40,44). The Labute approximate surface area is 266 Å². The number of unbranched alkanes of at least 4 members (excludes halogenated alkanes) is 1. The number of ether oxygens (including phenoxy) is 2. The molecule has 0 bridgehead atoms. The molecule has 46 heavy (non-hydrogen) atoms. The fourth-order valence-electron chi connectivity index (χ4n) is 5.49. The van der Waals surface area contributed by atoms with Gasteiger partial charge in [-0.2, -0.15) is 13.2 Å². The Bertz CT molecular complexity index is 1590. The number of aromatic nitrogens is 2. The lowest BCUT2D eigenvalue weighted by Gasteiger charge is -2.37. The number of alkyl halides is 3. The van der Waals surface area contributed by atoms with Gasteiger partial charge >= 0.3 is 6.18 Å². The van der Waals surface area contributed by atoms with Gasteiger partial charge < -0.3 is 24.6 Å². The van der Waals surface area contributed by atoms with Gasteiger partial charge in [-0.25, -0.2) is 4.98 Å². The summed E-state index contributed by atoms with van der Waals surface area (Å²) < 4.78 is 51.4. The summed E-state index contributed by atoms with van der Waals surface area (Å²) in [4.78, 5) is 38.7. The maximum atomic E-state index is 13.2. The van der Waals surface area contributed by atoms with Gasteiger partial charge in [0.25, 0.3) is 5.91 Å². The molecular formula is C34H36F3N5O4. The number of amides is 2. The molecule has 1 aromatic carbocycles. The van der Waals surface area contributed by atoms with Gasteiger partial charge in [-0.3, -0.25) is 14.6 Å². The summed E-state index contributed by atoms with van der Waals surface area (Å²) in [5.41, 5.74) is 2.16. The Morgan fingerprint density at radius 3 is 2.57 bits per heavy atom. The summed E-state index contributed by atoms with van der Waals surface area (Å²) in [6, 6.07) is 7.94. The zero-order valence-electron chi connectivity index (χ0n) is 25.6. The topological polar surface area (TPSA) is 96.9 Å². The lowest BCUT2D eigenvalue weighted by Crippen LogP contribution is -2.49. The zero-order chi connectivity index (χ0) is 32.7. The number of hydrogen-bond acceptors (Lipinski definition) is 7. The van der Waals surface area contributed by atoms with Crippen LogP contribution in [0.3, 0.4) is 0 Å². The molecule has 2 saturated heterocycles. The molecule has 0 unspecified atom stereocenters. The number of pyridine rings is 2. The third kappa shape index (κ3) is 8.14. The van der Waals surface area contributed by atoms with Crippen LogP contribution in [0.4, 0.5) is 24.5 Å². The van der Waals surface area contributed by atoms with Crippen LogP contribution in [0, 0.1) is 19.3 Å². The van der Waals surface area contributed by atoms with Crippen molar-refractivity contribution in [1.29, 1.82) is 0 Å². The van der Waals surface area contributed by atoms with Crippen molar-refractivity contribution in [2.75, 3.05) is 49.6 Å². The molecule has 9 nitrogen and oxygen atoms in total. The lowest BCUT2D eigenvalue weighted by atomic mass is 10.0. The normalized spacial score (nSPS) is 15.7. The van der Waals surface area contributed by atoms with Crippen LogP contribution in [0.2, 0.25) is 0 Å². The smallest absolute Gasteiger partial charge is 0.416 e. The third-order valence-corrected chi connectivity index (χ3v) is 8.07. The van der Waals surface area contributed by atoms with Crippen molar-refractivity contribution in [2.24, 2.45) is 0 Å². The maximum Gasteiger partial charge on any atom is 0.416 e. The first-order valence-corrected chi connectivity index (χ1v) is 15.3. The second-order valence-corrected chi connectivity index (χ2v) is 11.3. The van der Waals surface area contributed by atoms with Gasteiger partial charge in [0, 0.05) is 80.4 Å². The first kappa shape index (κ1) is 32.8. The van der Waals surface area contributed by atoms with Gasteiger partial charge in [0.15, 0.2) is 0 Å². The van der Waals surface area contributed by atoms with E-state index < -0.39 is 17.6 Å². The van der Waals surface area contributed by atoms with Crippen molar-refractivity contribution in [3.63, 3.8) is 0 Å². The highest BCUT2D eigenvalue weighted by Crippen LogP contribution is 2.35. The second kappa shape index (κ2) is 14.6. The highest BCUT2D eigenvalue weighted by molar-refractivity contribution is 6.04. The van der Waals surface area contributed by atoms with Crippen LogP contribution in [0.1, 0.15) is 53.7 Å². The molecule has 4 heterocycles. The quantitative estimate of drug-likeness (QED) is 0.237. The molecule has 0 spiro atoms. The summed E-state index contributed by atoms with van der Waals surface area (Å²) in [7, 11) is 0. The average molecular weight is 636 g/mol. The van der Waals surface area contributed by atoms with Crippen molar-refractivity contribution in [2.45, 2.75) is 51.3 Å². The Balaban J connectivity index is 1.38. The van der Waals surface area contributed by atoms with Crippen molar-refractivity contribution in [3.8, 4) is 29.4 Å². The maximum absolute atomic E-state index is 13.2. The van der Waals surface area contributed by atoms with Crippen LogP contribution >= 0.6 is 0 Å². The summed E-state index contributed by atoms with van der Waals surface area (Å²) in [6.45, 7) is 5.32. The second-order valence-electron chi connectivity index (χ2n) is 11.3. The van der Waals surface area contributed by atoms with Gasteiger partial charge in [-0.05, 0) is 43.7 Å². The van der Waals surface area contributed by atoms with E-state index in [0.29, 0.717) is 81.5 Å². The molecule has 2 aliphatic rings. The van der Waals surface area contributed by atoms with Crippen LogP contribution in [0.25, 0.3) is 11.1 Å². The van der Waals surface area contributed by atoms with E-state index in [9.17, 15) is 22.8 Å². The number of benzene rings is 1. The monoisotopic (exact) mass is 635 g/mol. The van der Waals surface area contributed by atoms with Crippen molar-refractivity contribution < 1.29 is 32.2 Å². The predicted molar refractivity (Wildman–Crippen MR) is 168 cm³/mol. The number of halogens is 3. The summed E-state index contributed by atoms with van der Waals surface area (Å²) in [5.74, 6) is 2.47. The highest BCUT2D eigenvalue weighted by atomic mass is 19.4. The number of aryl methyl sites for hydroxylation is 1. The van der Waals surface area contributed by atoms with Gasteiger partial charge in [0.2, 0.25) is 11.8 Å². The number of hydrogen-bond donors (Lipinski definition) is 1. The molecule has 2 amide bonds. The number of piperazine rings is 1. The van der Waals surface area contributed by atoms with Crippen LogP contribution in [0.5, 0.6) is 5.88 Å². The first-order valence-electron chi connectivity index (χ1n) is 15.3. The van der Waals surface area contributed by atoms with E-state index in [4.69, 9.17) is 20.9 Å². The van der Waals surface area contributed by atoms with Crippen LogP contribution in [-0.2, 0) is 15.7 Å². The van der Waals surface area contributed by atoms with E-state index in [1.54, 1.807) is 12.3 Å². The Hall–Kier alpha value is -4.63. The molecule has 0 radical (unpaired) electrons. The largest absolute Gasteiger partial charge is 0.473 e. The molecule has 12 heteroatoms. The molecule has 242 valence electrons. The minimum atomic E-state index is -4.56. The first-order chi connectivity index (χ1) is 22.1. The van der Waals surface area contributed by atoms with Gasteiger partial charge in [-0.15, -0.1) is 12.3 Å². The molecule has 1 N–H and O–H groups in total. The van der Waals surface area contributed by atoms with Crippen molar-refractivity contribution in [1.82, 2.24) is 14.9 Å². The molecule has 2 aliphatic heterocycles. The lowest BCUT2D eigenvalue weighted by molar-refractivity contribution is -0.137. The Morgan fingerprint density at radius 2 is 1.85 bits per heavy atom. The molecule has 2 fully saturated rings. The van der Waals surface area contributed by atoms with Gasteiger partial charge in [0.05, 0.1) is 30.7 Å². The fraction of sp³-hybridized carbons (Fsp3) is 0.412. The van der Waals surface area contributed by atoms with E-state index >= 15 is 0 Å². The molecule has 0 atom stereocenters. The van der Waals surface area contributed by atoms with E-state index in [-0.39, 0.29) is 17.6 Å². The van der Waals surface area contributed by atoms with E-state index in [2.05, 4.69) is 21.1 Å². The van der Waals surface area contributed by atoms with Gasteiger partial charge in [-0.1, -0.05) is 6.07 Å². The number of carbonyl (C=O) groups excluding carboxylic acids is 2. The Kier molecular flexibility index (Phi) is 10.4. The summed E-state index contributed by atoms with van der Waals surface area (Å²) >= 11 is 0. The molecule has 0 aliphatic carbocycles. The van der Waals surface area contributed by atoms with E-state index in [1.165, 1.54) is 18.3 Å². The number of nitrogens with one attached hydrogen (secondary N) is 1. The predicted octanol–water partition coefficient (Wildman–Crippen LogP) is 5.73. The molecule has 5 rings (SSSR count). The minimum Gasteiger partial charge on any atom is -0.473 e. The zero-order valence-corrected chi connectivity index (χ0v) is 25.6. The highest BCUT2D eigenvalue weighted by Gasteiger charge is 2.31. The van der Waals surface area contributed by atoms with Crippen LogP contribution in [-0.4, -0.2) is 72.2 Å². The molecular weight excluding hydrogens is 599 g/mol. The average Bonchev–Trinajstić information content (AvgIpc) is 3.06. The number of nitrogens with zero attached hydrogens (tertiary/aromatic N) is 4. The number of rotatable bonds is 9. The van der Waals surface area contributed by atoms with Crippen LogP contribution in [0.15, 0.2) is 48.8 Å².